The Morgan fingerprint density at radius 3 is 2.89 bits per heavy atom. The van der Waals surface area contributed by atoms with Crippen LogP contribution < -0.4 is 5.32 Å². The van der Waals surface area contributed by atoms with Crippen molar-refractivity contribution in [2.24, 2.45) is 0 Å². The first-order valence-electron chi connectivity index (χ1n) is 6.06. The molecule has 1 atom stereocenters. The first-order valence-corrected chi connectivity index (χ1v) is 7.76. The lowest BCUT2D eigenvalue weighted by Gasteiger charge is -2.12. The van der Waals surface area contributed by atoms with E-state index < -0.39 is 0 Å². The Bertz CT molecular complexity index is 454. The van der Waals surface area contributed by atoms with E-state index in [4.69, 9.17) is 0 Å². The molecule has 96 valence electrons. The second-order valence-electron chi connectivity index (χ2n) is 3.99. The van der Waals surface area contributed by atoms with Gasteiger partial charge in [0.1, 0.15) is 0 Å². The maximum atomic E-state index is 4.51. The van der Waals surface area contributed by atoms with Crippen LogP contribution >= 0.6 is 23.1 Å². The van der Waals surface area contributed by atoms with Gasteiger partial charge in [-0.2, -0.15) is 0 Å². The number of rotatable bonds is 6. The summed E-state index contributed by atoms with van der Waals surface area (Å²) in [4.78, 5) is 9.89. The van der Waals surface area contributed by atoms with Crippen molar-refractivity contribution < 1.29 is 0 Å². The van der Waals surface area contributed by atoms with Crippen molar-refractivity contribution >= 4 is 23.1 Å². The van der Waals surface area contributed by atoms with Crippen LogP contribution in [0.3, 0.4) is 0 Å². The molecule has 0 aliphatic carbocycles. The Hall–Kier alpha value is -0.910. The van der Waals surface area contributed by atoms with E-state index >= 15 is 0 Å². The molecule has 0 bridgehead atoms. The number of hydrogen-bond acceptors (Lipinski definition) is 5. The summed E-state index contributed by atoms with van der Waals surface area (Å²) in [6.07, 6.45) is 4.89. The summed E-state index contributed by atoms with van der Waals surface area (Å²) in [5.41, 5.74) is 1.09. The molecular formula is C13H17N3S2. The summed E-state index contributed by atoms with van der Waals surface area (Å²) in [6, 6.07) is 4.51. The van der Waals surface area contributed by atoms with Gasteiger partial charge in [-0.1, -0.05) is 18.7 Å². The maximum Gasteiger partial charge on any atom is 0.154 e. The molecule has 0 aliphatic rings. The molecule has 2 aromatic heterocycles. The van der Waals surface area contributed by atoms with Crippen LogP contribution in [0.2, 0.25) is 0 Å². The fourth-order valence-corrected chi connectivity index (χ4v) is 3.10. The number of aromatic nitrogens is 2. The highest BCUT2D eigenvalue weighted by Crippen LogP contribution is 2.28. The zero-order valence-electron chi connectivity index (χ0n) is 10.6. The Labute approximate surface area is 116 Å². The van der Waals surface area contributed by atoms with E-state index in [9.17, 15) is 0 Å². The number of thiazole rings is 1. The zero-order valence-corrected chi connectivity index (χ0v) is 12.2. The van der Waals surface area contributed by atoms with E-state index in [1.54, 1.807) is 23.1 Å². The molecule has 0 fully saturated rings. The monoisotopic (exact) mass is 279 g/mol. The largest absolute Gasteiger partial charge is 0.309 e. The minimum atomic E-state index is 0.309. The lowest BCUT2D eigenvalue weighted by Crippen LogP contribution is -2.20. The number of hydrogen-bond donors (Lipinski definition) is 1. The van der Waals surface area contributed by atoms with E-state index in [0.29, 0.717) is 6.04 Å². The van der Waals surface area contributed by atoms with Crippen LogP contribution in [0.4, 0.5) is 0 Å². The predicted octanol–water partition coefficient (Wildman–Crippen LogP) is 3.75. The lowest BCUT2D eigenvalue weighted by molar-refractivity contribution is 0.558. The molecule has 1 unspecified atom stereocenters. The SMILES string of the molecule is CCCNC(C)c1ccc(Sc2nccs2)cn1. The van der Waals surface area contributed by atoms with Crippen LogP contribution in [0, 0.1) is 0 Å². The van der Waals surface area contributed by atoms with Gasteiger partial charge in [-0.3, -0.25) is 4.98 Å². The molecule has 0 amide bonds. The Kier molecular flexibility index (Phi) is 5.16. The van der Waals surface area contributed by atoms with Crippen molar-refractivity contribution in [1.29, 1.82) is 0 Å². The molecule has 3 nitrogen and oxygen atoms in total. The molecule has 0 saturated carbocycles. The fraction of sp³-hybridized carbons (Fsp3) is 0.385. The van der Waals surface area contributed by atoms with Crippen LogP contribution in [0.5, 0.6) is 0 Å². The highest BCUT2D eigenvalue weighted by molar-refractivity contribution is 8.01. The minimum absolute atomic E-state index is 0.309. The van der Waals surface area contributed by atoms with Crippen molar-refractivity contribution in [3.8, 4) is 0 Å². The molecule has 18 heavy (non-hydrogen) atoms. The third-order valence-electron chi connectivity index (χ3n) is 2.52. The zero-order chi connectivity index (χ0) is 12.8. The third kappa shape index (κ3) is 3.80. The second kappa shape index (κ2) is 6.87. The number of nitrogens with one attached hydrogen (secondary N) is 1. The van der Waals surface area contributed by atoms with Crippen LogP contribution in [0.1, 0.15) is 32.0 Å². The molecule has 0 radical (unpaired) electrons. The molecule has 5 heteroatoms. The highest BCUT2D eigenvalue weighted by Gasteiger charge is 2.06. The molecule has 0 aliphatic heterocycles. The molecule has 2 rings (SSSR count). The Balaban J connectivity index is 1.96. The van der Waals surface area contributed by atoms with Gasteiger partial charge in [0, 0.05) is 28.7 Å². The average Bonchev–Trinajstić information content (AvgIpc) is 2.89. The summed E-state index contributed by atoms with van der Waals surface area (Å²) in [5, 5.41) is 5.42. The third-order valence-corrected chi connectivity index (χ3v) is 4.38. The summed E-state index contributed by atoms with van der Waals surface area (Å²) >= 11 is 3.31. The van der Waals surface area contributed by atoms with Gasteiger partial charge >= 0.3 is 0 Å². The molecule has 0 spiro atoms. The van der Waals surface area contributed by atoms with Crippen molar-refractivity contribution in [2.45, 2.75) is 35.5 Å². The standard InChI is InChI=1S/C13H17N3S2/c1-3-6-14-10(2)12-5-4-11(9-16-12)18-13-15-7-8-17-13/h4-5,7-10,14H,3,6H2,1-2H3. The smallest absolute Gasteiger partial charge is 0.154 e. The van der Waals surface area contributed by atoms with Gasteiger partial charge < -0.3 is 5.32 Å². The Morgan fingerprint density at radius 1 is 1.39 bits per heavy atom. The first kappa shape index (κ1) is 13.5. The lowest BCUT2D eigenvalue weighted by atomic mass is 10.2. The van der Waals surface area contributed by atoms with Gasteiger partial charge in [-0.05, 0) is 32.0 Å². The van der Waals surface area contributed by atoms with E-state index in [0.717, 1.165) is 27.9 Å². The van der Waals surface area contributed by atoms with E-state index in [1.807, 2.05) is 17.8 Å². The quantitative estimate of drug-likeness (QED) is 0.874. The summed E-state index contributed by atoms with van der Waals surface area (Å²) < 4.78 is 1.06. The van der Waals surface area contributed by atoms with Crippen LogP contribution in [0.15, 0.2) is 39.1 Å². The van der Waals surface area contributed by atoms with Crippen molar-refractivity contribution in [1.82, 2.24) is 15.3 Å². The maximum absolute atomic E-state index is 4.51. The Morgan fingerprint density at radius 2 is 2.28 bits per heavy atom. The van der Waals surface area contributed by atoms with Crippen LogP contribution in [-0.2, 0) is 0 Å². The average molecular weight is 279 g/mol. The first-order chi connectivity index (χ1) is 8.79. The number of pyridine rings is 1. The van der Waals surface area contributed by atoms with Gasteiger partial charge in [-0.15, -0.1) is 11.3 Å². The molecule has 0 saturated heterocycles. The summed E-state index contributed by atoms with van der Waals surface area (Å²) in [7, 11) is 0. The van der Waals surface area contributed by atoms with Crippen molar-refractivity contribution in [3.05, 3.63) is 35.6 Å². The minimum Gasteiger partial charge on any atom is -0.309 e. The van der Waals surface area contributed by atoms with Crippen LogP contribution in [-0.4, -0.2) is 16.5 Å². The van der Waals surface area contributed by atoms with Gasteiger partial charge in [0.05, 0.1) is 5.69 Å². The van der Waals surface area contributed by atoms with Gasteiger partial charge in [0.25, 0.3) is 0 Å². The van der Waals surface area contributed by atoms with Crippen LogP contribution in [0.25, 0.3) is 0 Å². The van der Waals surface area contributed by atoms with Crippen molar-refractivity contribution in [3.63, 3.8) is 0 Å². The molecule has 2 heterocycles. The number of nitrogens with zero attached hydrogens (tertiary/aromatic N) is 2. The molecule has 1 N–H and O–H groups in total. The highest BCUT2D eigenvalue weighted by atomic mass is 32.2. The van der Waals surface area contributed by atoms with E-state index in [1.165, 1.54) is 0 Å². The summed E-state index contributed by atoms with van der Waals surface area (Å²) in [6.45, 7) is 5.34. The predicted molar refractivity (Wildman–Crippen MR) is 77.2 cm³/mol. The summed E-state index contributed by atoms with van der Waals surface area (Å²) in [5.74, 6) is 0. The van der Waals surface area contributed by atoms with Gasteiger partial charge in [0.2, 0.25) is 0 Å². The van der Waals surface area contributed by atoms with Gasteiger partial charge in [0.15, 0.2) is 4.34 Å². The fourth-order valence-electron chi connectivity index (χ4n) is 1.54. The second-order valence-corrected chi connectivity index (χ2v) is 6.21. The van der Waals surface area contributed by atoms with E-state index in [2.05, 4.69) is 41.3 Å². The van der Waals surface area contributed by atoms with Gasteiger partial charge in [-0.25, -0.2) is 4.98 Å². The normalized spacial score (nSPS) is 12.6. The van der Waals surface area contributed by atoms with E-state index in [-0.39, 0.29) is 0 Å². The molecule has 0 aromatic carbocycles. The topological polar surface area (TPSA) is 37.8 Å². The molecule has 2 aromatic rings. The molecular weight excluding hydrogens is 262 g/mol. The van der Waals surface area contributed by atoms with Crippen molar-refractivity contribution in [2.75, 3.05) is 6.54 Å².